The zero-order valence-corrected chi connectivity index (χ0v) is 16.5. The van der Waals surface area contributed by atoms with Crippen LogP contribution in [0.3, 0.4) is 0 Å². The molecule has 3 rings (SSSR count). The second-order valence-electron chi connectivity index (χ2n) is 7.64. The first-order valence-corrected chi connectivity index (χ1v) is 9.31. The van der Waals surface area contributed by atoms with E-state index in [0.29, 0.717) is 18.7 Å². The second kappa shape index (κ2) is 8.05. The number of carbonyl (C=O) groups is 1. The minimum absolute atomic E-state index is 0.0338. The van der Waals surface area contributed by atoms with E-state index in [2.05, 4.69) is 11.8 Å². The van der Waals surface area contributed by atoms with Gasteiger partial charge in [0.25, 0.3) is 5.91 Å². The van der Waals surface area contributed by atoms with Crippen molar-refractivity contribution < 1.29 is 14.6 Å². The van der Waals surface area contributed by atoms with Gasteiger partial charge >= 0.3 is 0 Å². The summed E-state index contributed by atoms with van der Waals surface area (Å²) in [5, 5.41) is 9.69. The van der Waals surface area contributed by atoms with Crippen molar-refractivity contribution in [3.05, 3.63) is 65.2 Å². The number of nitrogens with zero attached hydrogens (tertiary/aromatic N) is 1. The van der Waals surface area contributed by atoms with Gasteiger partial charge in [-0.3, -0.25) is 4.79 Å². The number of aliphatic hydroxyl groups is 1. The molecule has 0 aliphatic carbocycles. The number of hydrogen-bond acceptors (Lipinski definition) is 4. The number of benzene rings is 2. The molecule has 2 atom stereocenters. The molecule has 2 aromatic carbocycles. The zero-order valence-electron chi connectivity index (χ0n) is 16.5. The highest BCUT2D eigenvalue weighted by molar-refractivity contribution is 5.94. The topological polar surface area (TPSA) is 75.8 Å². The van der Waals surface area contributed by atoms with Crippen molar-refractivity contribution >= 4 is 5.91 Å². The first-order valence-electron chi connectivity index (χ1n) is 9.31. The van der Waals surface area contributed by atoms with Gasteiger partial charge in [-0.2, -0.15) is 0 Å². The summed E-state index contributed by atoms with van der Waals surface area (Å²) in [5.74, 6) is 6.55. The van der Waals surface area contributed by atoms with Gasteiger partial charge in [0.05, 0.1) is 7.11 Å². The van der Waals surface area contributed by atoms with Crippen molar-refractivity contribution in [1.29, 1.82) is 0 Å². The number of rotatable bonds is 3. The number of methoxy groups -OCH3 is 1. The first kappa shape index (κ1) is 19.9. The number of amides is 1. The number of nitrogens with two attached hydrogens (primary N) is 1. The van der Waals surface area contributed by atoms with Crippen molar-refractivity contribution in [2.45, 2.75) is 31.4 Å². The third-order valence-corrected chi connectivity index (χ3v) is 4.84. The van der Waals surface area contributed by atoms with Crippen LogP contribution in [0, 0.1) is 11.8 Å². The van der Waals surface area contributed by atoms with Crippen LogP contribution >= 0.6 is 0 Å². The van der Waals surface area contributed by atoms with Gasteiger partial charge in [-0.1, -0.05) is 24.0 Å². The zero-order chi connectivity index (χ0) is 20.3. The Morgan fingerprint density at radius 1 is 1.14 bits per heavy atom. The van der Waals surface area contributed by atoms with Crippen LogP contribution in [0.2, 0.25) is 0 Å². The van der Waals surface area contributed by atoms with Crippen molar-refractivity contribution in [2.75, 3.05) is 20.2 Å². The molecule has 0 radical (unpaired) electrons. The van der Waals surface area contributed by atoms with Crippen LogP contribution in [-0.2, 0) is 0 Å². The largest absolute Gasteiger partial charge is 0.497 e. The molecule has 1 fully saturated rings. The summed E-state index contributed by atoms with van der Waals surface area (Å²) >= 11 is 0. The number of ether oxygens (including phenoxy) is 1. The molecular weight excluding hydrogens is 352 g/mol. The van der Waals surface area contributed by atoms with E-state index in [1.807, 2.05) is 24.3 Å². The maximum atomic E-state index is 12.9. The molecule has 0 aromatic heterocycles. The summed E-state index contributed by atoms with van der Waals surface area (Å²) in [6.07, 6.45) is 0. The molecule has 3 N–H and O–H groups in total. The first-order chi connectivity index (χ1) is 13.3. The molecule has 5 heteroatoms. The van der Waals surface area contributed by atoms with Crippen LogP contribution in [0.15, 0.2) is 48.5 Å². The monoisotopic (exact) mass is 378 g/mol. The van der Waals surface area contributed by atoms with E-state index in [9.17, 15) is 9.90 Å². The lowest BCUT2D eigenvalue weighted by molar-refractivity contribution is 0.0789. The van der Waals surface area contributed by atoms with Crippen molar-refractivity contribution in [1.82, 2.24) is 4.90 Å². The molecule has 0 spiro atoms. The van der Waals surface area contributed by atoms with Crippen LogP contribution in [0.5, 0.6) is 5.75 Å². The molecule has 0 saturated carbocycles. The molecule has 146 valence electrons. The van der Waals surface area contributed by atoms with Crippen LogP contribution in [-0.4, -0.2) is 47.8 Å². The number of likely N-dealkylation sites (tertiary alicyclic amines) is 1. The lowest BCUT2D eigenvalue weighted by Gasteiger charge is -2.17. The average molecular weight is 378 g/mol. The molecule has 1 aliphatic heterocycles. The van der Waals surface area contributed by atoms with Gasteiger partial charge in [-0.05, 0) is 55.8 Å². The highest BCUT2D eigenvalue weighted by Crippen LogP contribution is 2.28. The molecule has 5 nitrogen and oxygen atoms in total. The Balaban J connectivity index is 1.70. The maximum absolute atomic E-state index is 12.9. The van der Waals surface area contributed by atoms with Gasteiger partial charge in [-0.15, -0.1) is 0 Å². The third kappa shape index (κ3) is 4.72. The van der Waals surface area contributed by atoms with Crippen LogP contribution in [0.4, 0.5) is 0 Å². The highest BCUT2D eigenvalue weighted by atomic mass is 16.5. The molecule has 2 aromatic rings. The van der Waals surface area contributed by atoms with Crippen molar-refractivity contribution in [3.8, 4) is 17.6 Å². The van der Waals surface area contributed by atoms with Crippen molar-refractivity contribution in [2.24, 2.45) is 5.73 Å². The lowest BCUT2D eigenvalue weighted by atomic mass is 9.95. The van der Waals surface area contributed by atoms with Crippen LogP contribution in [0.25, 0.3) is 0 Å². The average Bonchev–Trinajstić information content (AvgIpc) is 3.07. The van der Waals surface area contributed by atoms with E-state index < -0.39 is 5.60 Å². The van der Waals surface area contributed by atoms with Gasteiger partial charge in [0.15, 0.2) is 0 Å². The van der Waals surface area contributed by atoms with Gasteiger partial charge in [-0.25, -0.2) is 0 Å². The SMILES string of the molecule is COc1ccc(C2CN(C(=O)c3ccc(C#CC(C)(C)O)cc3)CC2N)cc1. The maximum Gasteiger partial charge on any atom is 0.253 e. The van der Waals surface area contributed by atoms with Gasteiger partial charge in [0, 0.05) is 36.2 Å². The Morgan fingerprint density at radius 3 is 2.36 bits per heavy atom. The molecule has 28 heavy (non-hydrogen) atoms. The summed E-state index contributed by atoms with van der Waals surface area (Å²) in [5.41, 5.74) is 7.76. The number of hydrogen-bond donors (Lipinski definition) is 2. The summed E-state index contributed by atoms with van der Waals surface area (Å²) in [6.45, 7) is 4.38. The molecule has 1 heterocycles. The third-order valence-electron chi connectivity index (χ3n) is 4.84. The fourth-order valence-corrected chi connectivity index (χ4v) is 3.30. The van der Waals surface area contributed by atoms with E-state index in [4.69, 9.17) is 10.5 Å². The highest BCUT2D eigenvalue weighted by Gasteiger charge is 2.34. The van der Waals surface area contributed by atoms with Gasteiger partial charge in [0.2, 0.25) is 0 Å². The molecular formula is C23H26N2O3. The molecule has 1 saturated heterocycles. The van der Waals surface area contributed by atoms with Crippen LogP contribution < -0.4 is 10.5 Å². The Kier molecular flexibility index (Phi) is 5.73. The Labute approximate surface area is 166 Å². The predicted molar refractivity (Wildman–Crippen MR) is 109 cm³/mol. The van der Waals surface area contributed by atoms with Crippen LogP contribution in [0.1, 0.15) is 41.3 Å². The summed E-state index contributed by atoms with van der Waals surface area (Å²) in [7, 11) is 1.64. The van der Waals surface area contributed by atoms with E-state index in [-0.39, 0.29) is 17.9 Å². The normalized spacial score (nSPS) is 19.1. The summed E-state index contributed by atoms with van der Waals surface area (Å²) in [4.78, 5) is 14.7. The fraction of sp³-hybridized carbons (Fsp3) is 0.348. The minimum atomic E-state index is -1.04. The number of carbonyl (C=O) groups excluding carboxylic acids is 1. The Bertz CT molecular complexity index is 887. The molecule has 1 aliphatic rings. The van der Waals surface area contributed by atoms with Crippen molar-refractivity contribution in [3.63, 3.8) is 0 Å². The summed E-state index contributed by atoms with van der Waals surface area (Å²) < 4.78 is 5.20. The standard InChI is InChI=1S/C23H26N2O3/c1-23(2,27)13-12-16-4-6-18(7-5-16)22(26)25-14-20(21(24)15-25)17-8-10-19(28-3)11-9-17/h4-11,20-21,27H,14-15,24H2,1-3H3. The minimum Gasteiger partial charge on any atom is -0.497 e. The molecule has 2 unspecified atom stereocenters. The van der Waals surface area contributed by atoms with E-state index in [0.717, 1.165) is 16.9 Å². The Morgan fingerprint density at radius 2 is 1.79 bits per heavy atom. The second-order valence-corrected chi connectivity index (χ2v) is 7.64. The molecule has 0 bridgehead atoms. The van der Waals surface area contributed by atoms with Gasteiger partial charge in [0.1, 0.15) is 11.4 Å². The molecule has 1 amide bonds. The van der Waals surface area contributed by atoms with Gasteiger partial charge < -0.3 is 20.5 Å². The quantitative estimate of drug-likeness (QED) is 0.804. The smallest absolute Gasteiger partial charge is 0.253 e. The lowest BCUT2D eigenvalue weighted by Crippen LogP contribution is -2.32. The van der Waals surface area contributed by atoms with E-state index in [1.54, 1.807) is 50.1 Å². The summed E-state index contributed by atoms with van der Waals surface area (Å²) in [6, 6.07) is 14.9. The Hall–Kier alpha value is -2.81. The fourth-order valence-electron chi connectivity index (χ4n) is 3.30. The van der Waals surface area contributed by atoms with E-state index >= 15 is 0 Å². The van der Waals surface area contributed by atoms with E-state index in [1.165, 1.54) is 0 Å². The predicted octanol–water partition coefficient (Wildman–Crippen LogP) is 2.38.